The lowest BCUT2D eigenvalue weighted by Gasteiger charge is -2.20. The zero-order valence-electron chi connectivity index (χ0n) is 11.9. The van der Waals surface area contributed by atoms with Crippen molar-refractivity contribution in [2.75, 3.05) is 6.54 Å². The Labute approximate surface area is 148 Å². The average molecular weight is 432 g/mol. The average Bonchev–Trinajstić information content (AvgIpc) is 2.45. The second-order valence-electron chi connectivity index (χ2n) is 5.00. The molecular formula is C17H18Br2ClN. The van der Waals surface area contributed by atoms with E-state index in [2.05, 4.69) is 68.4 Å². The lowest BCUT2D eigenvalue weighted by atomic mass is 9.98. The van der Waals surface area contributed by atoms with Crippen LogP contribution in [0.5, 0.6) is 0 Å². The van der Waals surface area contributed by atoms with Crippen molar-refractivity contribution in [3.8, 4) is 0 Å². The van der Waals surface area contributed by atoms with Crippen LogP contribution < -0.4 is 5.32 Å². The standard InChI is InChI=1S/C17H18Br2ClN/c1-2-8-21-17(13-4-3-5-14(18)9-13)10-12-6-7-15(19)11-16(12)20/h3-7,9,11,17,21H,2,8,10H2,1H3. The Bertz CT molecular complexity index is 601. The highest BCUT2D eigenvalue weighted by molar-refractivity contribution is 9.10. The van der Waals surface area contributed by atoms with Crippen LogP contribution in [-0.2, 0) is 6.42 Å². The van der Waals surface area contributed by atoms with Gasteiger partial charge in [-0.3, -0.25) is 0 Å². The van der Waals surface area contributed by atoms with Gasteiger partial charge in [-0.25, -0.2) is 0 Å². The Morgan fingerprint density at radius 3 is 2.52 bits per heavy atom. The van der Waals surface area contributed by atoms with Gasteiger partial charge in [0.05, 0.1) is 0 Å². The summed E-state index contributed by atoms with van der Waals surface area (Å²) in [6, 6.07) is 14.8. The van der Waals surface area contributed by atoms with Crippen LogP contribution in [-0.4, -0.2) is 6.54 Å². The third kappa shape index (κ3) is 5.10. The summed E-state index contributed by atoms with van der Waals surface area (Å²) >= 11 is 13.4. The first-order valence-electron chi connectivity index (χ1n) is 7.03. The molecule has 0 radical (unpaired) electrons. The minimum atomic E-state index is 0.265. The molecule has 0 aliphatic rings. The zero-order valence-corrected chi connectivity index (χ0v) is 15.8. The molecule has 0 bridgehead atoms. The zero-order chi connectivity index (χ0) is 15.2. The van der Waals surface area contributed by atoms with Gasteiger partial charge in [0.25, 0.3) is 0 Å². The molecular weight excluding hydrogens is 413 g/mol. The lowest BCUT2D eigenvalue weighted by Crippen LogP contribution is -2.24. The summed E-state index contributed by atoms with van der Waals surface area (Å²) in [5.74, 6) is 0. The van der Waals surface area contributed by atoms with Gasteiger partial charge in [0, 0.05) is 20.0 Å². The van der Waals surface area contributed by atoms with Crippen molar-refractivity contribution >= 4 is 43.5 Å². The van der Waals surface area contributed by atoms with E-state index in [0.29, 0.717) is 0 Å². The Hall–Kier alpha value is -0.350. The summed E-state index contributed by atoms with van der Waals surface area (Å²) in [5, 5.41) is 4.42. The van der Waals surface area contributed by atoms with Gasteiger partial charge < -0.3 is 5.32 Å². The maximum atomic E-state index is 6.36. The Balaban J connectivity index is 2.23. The molecule has 0 heterocycles. The van der Waals surface area contributed by atoms with Crippen molar-refractivity contribution in [2.45, 2.75) is 25.8 Å². The maximum absolute atomic E-state index is 6.36. The topological polar surface area (TPSA) is 12.0 Å². The molecule has 112 valence electrons. The SMILES string of the molecule is CCCNC(Cc1ccc(Br)cc1Cl)c1cccc(Br)c1. The molecule has 0 saturated heterocycles. The van der Waals surface area contributed by atoms with Crippen molar-refractivity contribution in [3.63, 3.8) is 0 Å². The van der Waals surface area contributed by atoms with Gasteiger partial charge in [0.2, 0.25) is 0 Å². The van der Waals surface area contributed by atoms with E-state index in [0.717, 1.165) is 38.9 Å². The predicted molar refractivity (Wildman–Crippen MR) is 98.0 cm³/mol. The van der Waals surface area contributed by atoms with Gasteiger partial charge in [-0.15, -0.1) is 0 Å². The van der Waals surface area contributed by atoms with Crippen molar-refractivity contribution in [3.05, 3.63) is 67.6 Å². The fourth-order valence-electron chi connectivity index (χ4n) is 2.26. The number of halogens is 3. The third-order valence-corrected chi connectivity index (χ3v) is 4.67. The summed E-state index contributed by atoms with van der Waals surface area (Å²) in [5.41, 5.74) is 2.44. The molecule has 1 N–H and O–H groups in total. The van der Waals surface area contributed by atoms with Crippen LogP contribution in [0.2, 0.25) is 5.02 Å². The summed E-state index contributed by atoms with van der Waals surface area (Å²) in [6.45, 7) is 3.17. The molecule has 4 heteroatoms. The van der Waals surface area contributed by atoms with Gasteiger partial charge in [-0.1, -0.05) is 68.6 Å². The largest absolute Gasteiger partial charge is 0.310 e. The van der Waals surface area contributed by atoms with Gasteiger partial charge >= 0.3 is 0 Å². The van der Waals surface area contributed by atoms with Gasteiger partial charge in [-0.2, -0.15) is 0 Å². The second-order valence-corrected chi connectivity index (χ2v) is 7.24. The van der Waals surface area contributed by atoms with Crippen LogP contribution in [0.4, 0.5) is 0 Å². The first-order valence-corrected chi connectivity index (χ1v) is 8.99. The summed E-state index contributed by atoms with van der Waals surface area (Å²) in [7, 11) is 0. The van der Waals surface area contributed by atoms with Crippen LogP contribution in [0.15, 0.2) is 51.4 Å². The smallest absolute Gasteiger partial charge is 0.0449 e. The Kier molecular flexibility index (Phi) is 6.74. The number of hydrogen-bond donors (Lipinski definition) is 1. The molecule has 0 fully saturated rings. The Morgan fingerprint density at radius 1 is 1.10 bits per heavy atom. The molecule has 0 saturated carbocycles. The van der Waals surface area contributed by atoms with Gasteiger partial charge in [0.1, 0.15) is 0 Å². The van der Waals surface area contributed by atoms with Crippen LogP contribution in [0, 0.1) is 0 Å². The fraction of sp³-hybridized carbons (Fsp3) is 0.294. The molecule has 0 aliphatic carbocycles. The molecule has 1 nitrogen and oxygen atoms in total. The van der Waals surface area contributed by atoms with Crippen LogP contribution >= 0.6 is 43.5 Å². The van der Waals surface area contributed by atoms with Gasteiger partial charge in [0.15, 0.2) is 0 Å². The van der Waals surface area contributed by atoms with E-state index in [1.165, 1.54) is 5.56 Å². The highest BCUT2D eigenvalue weighted by atomic mass is 79.9. The first kappa shape index (κ1) is 17.0. The summed E-state index contributed by atoms with van der Waals surface area (Å²) < 4.78 is 2.11. The first-order chi connectivity index (χ1) is 10.1. The predicted octanol–water partition coefficient (Wildman–Crippen LogP) is 6.15. The minimum absolute atomic E-state index is 0.265. The molecule has 0 aromatic heterocycles. The minimum Gasteiger partial charge on any atom is -0.310 e. The van der Waals surface area contributed by atoms with E-state index in [1.54, 1.807) is 0 Å². The van der Waals surface area contributed by atoms with Gasteiger partial charge in [-0.05, 0) is 54.8 Å². The van der Waals surface area contributed by atoms with E-state index in [1.807, 2.05) is 18.2 Å². The highest BCUT2D eigenvalue weighted by Crippen LogP contribution is 2.27. The monoisotopic (exact) mass is 429 g/mol. The fourth-order valence-corrected chi connectivity index (χ4v) is 3.42. The van der Waals surface area contributed by atoms with E-state index in [-0.39, 0.29) is 6.04 Å². The van der Waals surface area contributed by atoms with Crippen LogP contribution in [0.1, 0.15) is 30.5 Å². The molecule has 1 unspecified atom stereocenters. The van der Waals surface area contributed by atoms with E-state index in [9.17, 15) is 0 Å². The number of rotatable bonds is 6. The van der Waals surface area contributed by atoms with Crippen molar-refractivity contribution in [1.82, 2.24) is 5.32 Å². The Morgan fingerprint density at radius 2 is 1.86 bits per heavy atom. The summed E-state index contributed by atoms with van der Waals surface area (Å²) in [4.78, 5) is 0. The van der Waals surface area contributed by atoms with E-state index >= 15 is 0 Å². The third-order valence-electron chi connectivity index (χ3n) is 3.33. The molecule has 0 aliphatic heterocycles. The molecule has 0 amide bonds. The molecule has 0 spiro atoms. The molecule has 1 atom stereocenters. The molecule has 2 aromatic rings. The maximum Gasteiger partial charge on any atom is 0.0449 e. The molecule has 2 rings (SSSR count). The highest BCUT2D eigenvalue weighted by Gasteiger charge is 2.14. The number of hydrogen-bond acceptors (Lipinski definition) is 1. The van der Waals surface area contributed by atoms with Crippen molar-refractivity contribution < 1.29 is 0 Å². The second kappa shape index (κ2) is 8.33. The van der Waals surface area contributed by atoms with Crippen LogP contribution in [0.25, 0.3) is 0 Å². The normalized spacial score (nSPS) is 12.4. The number of benzene rings is 2. The van der Waals surface area contributed by atoms with Crippen molar-refractivity contribution in [2.24, 2.45) is 0 Å². The lowest BCUT2D eigenvalue weighted by molar-refractivity contribution is 0.529. The molecule has 2 aromatic carbocycles. The summed E-state index contributed by atoms with van der Waals surface area (Å²) in [6.07, 6.45) is 1.99. The van der Waals surface area contributed by atoms with E-state index < -0.39 is 0 Å². The quantitative estimate of drug-likeness (QED) is 0.579. The van der Waals surface area contributed by atoms with Crippen molar-refractivity contribution in [1.29, 1.82) is 0 Å². The molecule has 21 heavy (non-hydrogen) atoms. The van der Waals surface area contributed by atoms with E-state index in [4.69, 9.17) is 11.6 Å². The number of nitrogens with one attached hydrogen (secondary N) is 1. The van der Waals surface area contributed by atoms with Crippen LogP contribution in [0.3, 0.4) is 0 Å².